The molecule has 0 aromatic heterocycles. The molecule has 144 valence electrons. The third-order valence-corrected chi connectivity index (χ3v) is 4.54. The molecule has 0 fully saturated rings. The maximum atomic E-state index is 12.3. The van der Waals surface area contributed by atoms with E-state index >= 15 is 0 Å². The van der Waals surface area contributed by atoms with E-state index in [-0.39, 0.29) is 0 Å². The first-order valence-electron chi connectivity index (χ1n) is 9.02. The second kappa shape index (κ2) is 7.98. The maximum absolute atomic E-state index is 12.3. The number of imide groups is 1. The molecule has 3 aromatic rings. The van der Waals surface area contributed by atoms with E-state index in [9.17, 15) is 14.4 Å². The van der Waals surface area contributed by atoms with Crippen LogP contribution >= 0.6 is 0 Å². The standard InChI is InChI=1S/C23H17NO5/c25-21-19-8-4-5-9-20(19)22(26)24(21)15-29-23(27)17-10-12-18(13-11-17)28-14-16-6-2-1-3-7-16/h1-13H,14-15H2. The van der Waals surface area contributed by atoms with Crippen LogP contribution in [-0.4, -0.2) is 29.4 Å². The molecule has 3 aromatic carbocycles. The first-order chi connectivity index (χ1) is 14.1. The normalized spacial score (nSPS) is 12.6. The average Bonchev–Trinajstić information content (AvgIpc) is 3.02. The van der Waals surface area contributed by atoms with Crippen molar-refractivity contribution in [1.29, 1.82) is 0 Å². The van der Waals surface area contributed by atoms with Crippen LogP contribution in [0.5, 0.6) is 5.75 Å². The third kappa shape index (κ3) is 3.87. The van der Waals surface area contributed by atoms with Crippen molar-refractivity contribution < 1.29 is 23.9 Å². The second-order valence-electron chi connectivity index (χ2n) is 6.44. The van der Waals surface area contributed by atoms with Gasteiger partial charge in [0.15, 0.2) is 6.73 Å². The first kappa shape index (κ1) is 18.4. The van der Waals surface area contributed by atoms with E-state index in [4.69, 9.17) is 9.47 Å². The van der Waals surface area contributed by atoms with Gasteiger partial charge in [0.2, 0.25) is 0 Å². The van der Waals surface area contributed by atoms with Crippen LogP contribution in [0.4, 0.5) is 0 Å². The maximum Gasteiger partial charge on any atom is 0.339 e. The Balaban J connectivity index is 1.33. The van der Waals surface area contributed by atoms with Crippen molar-refractivity contribution in [1.82, 2.24) is 4.90 Å². The Morgan fingerprint density at radius 3 is 1.97 bits per heavy atom. The summed E-state index contributed by atoms with van der Waals surface area (Å²) in [6.45, 7) is -0.0121. The van der Waals surface area contributed by atoms with E-state index in [0.717, 1.165) is 10.5 Å². The van der Waals surface area contributed by atoms with Gasteiger partial charge in [0, 0.05) is 0 Å². The SMILES string of the molecule is O=C(OCN1C(=O)c2ccccc2C1=O)c1ccc(OCc2ccccc2)cc1. The predicted octanol–water partition coefficient (Wildman–Crippen LogP) is 3.68. The van der Waals surface area contributed by atoms with Gasteiger partial charge < -0.3 is 9.47 Å². The fourth-order valence-corrected chi connectivity index (χ4v) is 2.99. The summed E-state index contributed by atoms with van der Waals surface area (Å²) in [6, 6.07) is 22.7. The molecule has 0 aliphatic carbocycles. The molecule has 0 spiro atoms. The smallest absolute Gasteiger partial charge is 0.339 e. The summed E-state index contributed by atoms with van der Waals surface area (Å²) in [6.07, 6.45) is 0. The van der Waals surface area contributed by atoms with Crippen molar-refractivity contribution in [3.8, 4) is 5.75 Å². The highest BCUT2D eigenvalue weighted by atomic mass is 16.5. The number of nitrogens with zero attached hydrogens (tertiary/aromatic N) is 1. The van der Waals surface area contributed by atoms with E-state index in [2.05, 4.69) is 0 Å². The van der Waals surface area contributed by atoms with E-state index in [1.54, 1.807) is 48.5 Å². The molecule has 0 atom stereocenters. The molecular weight excluding hydrogens is 370 g/mol. The number of hydrogen-bond donors (Lipinski definition) is 0. The van der Waals surface area contributed by atoms with Gasteiger partial charge in [0.1, 0.15) is 12.4 Å². The molecule has 1 aliphatic heterocycles. The monoisotopic (exact) mass is 387 g/mol. The Hall–Kier alpha value is -3.93. The zero-order valence-corrected chi connectivity index (χ0v) is 15.4. The van der Waals surface area contributed by atoms with E-state index in [1.165, 1.54) is 0 Å². The van der Waals surface area contributed by atoms with E-state index < -0.39 is 24.5 Å². The molecule has 2 amide bonds. The van der Waals surface area contributed by atoms with Gasteiger partial charge in [-0.05, 0) is 42.0 Å². The molecule has 0 unspecified atom stereocenters. The summed E-state index contributed by atoms with van der Waals surface area (Å²) in [7, 11) is 0. The molecular formula is C23H17NO5. The molecule has 1 aliphatic rings. The molecule has 29 heavy (non-hydrogen) atoms. The molecule has 4 rings (SSSR count). The number of ether oxygens (including phenoxy) is 2. The van der Waals surface area contributed by atoms with Gasteiger partial charge in [-0.15, -0.1) is 0 Å². The third-order valence-electron chi connectivity index (χ3n) is 4.54. The van der Waals surface area contributed by atoms with Crippen molar-refractivity contribution in [3.63, 3.8) is 0 Å². The van der Waals surface area contributed by atoms with Crippen molar-refractivity contribution in [3.05, 3.63) is 101 Å². The average molecular weight is 387 g/mol. The quantitative estimate of drug-likeness (QED) is 0.477. The number of hydrogen-bond acceptors (Lipinski definition) is 5. The number of carbonyl (C=O) groups excluding carboxylic acids is 3. The zero-order valence-electron chi connectivity index (χ0n) is 15.4. The fourth-order valence-electron chi connectivity index (χ4n) is 2.99. The Morgan fingerprint density at radius 2 is 1.34 bits per heavy atom. The lowest BCUT2D eigenvalue weighted by atomic mass is 10.1. The predicted molar refractivity (Wildman–Crippen MR) is 104 cm³/mol. The summed E-state index contributed by atoms with van der Waals surface area (Å²) in [4.78, 5) is 37.8. The highest BCUT2D eigenvalue weighted by Gasteiger charge is 2.35. The van der Waals surface area contributed by atoms with Crippen molar-refractivity contribution >= 4 is 17.8 Å². The Bertz CT molecular complexity index is 1030. The van der Waals surface area contributed by atoms with Crippen LogP contribution in [0, 0.1) is 0 Å². The lowest BCUT2D eigenvalue weighted by Gasteiger charge is -2.14. The van der Waals surface area contributed by atoms with Gasteiger partial charge in [-0.25, -0.2) is 9.69 Å². The van der Waals surface area contributed by atoms with E-state index in [1.807, 2.05) is 30.3 Å². The van der Waals surface area contributed by atoms with Crippen molar-refractivity contribution in [2.75, 3.05) is 6.73 Å². The molecule has 0 radical (unpaired) electrons. The van der Waals surface area contributed by atoms with Gasteiger partial charge in [-0.2, -0.15) is 0 Å². The van der Waals surface area contributed by atoms with Gasteiger partial charge in [-0.3, -0.25) is 9.59 Å². The van der Waals surface area contributed by atoms with Crippen LogP contribution in [0.25, 0.3) is 0 Å². The van der Waals surface area contributed by atoms with Gasteiger partial charge in [0.05, 0.1) is 16.7 Å². The number of rotatable bonds is 6. The largest absolute Gasteiger partial charge is 0.489 e. The summed E-state index contributed by atoms with van der Waals surface area (Å²) < 4.78 is 10.8. The topological polar surface area (TPSA) is 72.9 Å². The minimum absolute atomic E-state index is 0.300. The minimum Gasteiger partial charge on any atom is -0.489 e. The number of benzene rings is 3. The van der Waals surface area contributed by atoms with Gasteiger partial charge in [-0.1, -0.05) is 42.5 Å². The summed E-state index contributed by atoms with van der Waals surface area (Å²) in [5, 5.41) is 0. The molecule has 6 heteroatoms. The summed E-state index contributed by atoms with van der Waals surface area (Å²) in [5.74, 6) is -0.951. The van der Waals surface area contributed by atoms with Gasteiger partial charge >= 0.3 is 5.97 Å². The van der Waals surface area contributed by atoms with Gasteiger partial charge in [0.25, 0.3) is 11.8 Å². The molecule has 0 saturated carbocycles. The van der Waals surface area contributed by atoms with Crippen LogP contribution in [0.15, 0.2) is 78.9 Å². The number of esters is 1. The minimum atomic E-state index is -0.629. The van der Waals surface area contributed by atoms with Crippen LogP contribution in [0.2, 0.25) is 0 Å². The Labute approximate surface area is 167 Å². The molecule has 6 nitrogen and oxygen atoms in total. The molecule has 0 N–H and O–H groups in total. The second-order valence-corrected chi connectivity index (χ2v) is 6.44. The number of carbonyl (C=O) groups is 3. The lowest BCUT2D eigenvalue weighted by molar-refractivity contribution is 0.0228. The van der Waals surface area contributed by atoms with Crippen LogP contribution < -0.4 is 4.74 Å². The highest BCUT2D eigenvalue weighted by Crippen LogP contribution is 2.22. The summed E-state index contributed by atoms with van der Waals surface area (Å²) in [5.41, 5.74) is 1.97. The Morgan fingerprint density at radius 1 is 0.759 bits per heavy atom. The van der Waals surface area contributed by atoms with Crippen molar-refractivity contribution in [2.45, 2.75) is 6.61 Å². The fraction of sp³-hybridized carbons (Fsp3) is 0.0870. The molecule has 0 bridgehead atoms. The number of amides is 2. The molecule has 1 heterocycles. The van der Waals surface area contributed by atoms with Crippen LogP contribution in [0.1, 0.15) is 36.6 Å². The summed E-state index contributed by atoms with van der Waals surface area (Å²) >= 11 is 0. The molecule has 0 saturated heterocycles. The Kier molecular flexibility index (Phi) is 5.07. The number of fused-ring (bicyclic) bond motifs is 1. The van der Waals surface area contributed by atoms with Crippen LogP contribution in [0.3, 0.4) is 0 Å². The zero-order chi connectivity index (χ0) is 20.2. The van der Waals surface area contributed by atoms with Crippen LogP contribution in [-0.2, 0) is 11.3 Å². The van der Waals surface area contributed by atoms with Crippen molar-refractivity contribution in [2.24, 2.45) is 0 Å². The first-order valence-corrected chi connectivity index (χ1v) is 9.02. The lowest BCUT2D eigenvalue weighted by Crippen LogP contribution is -2.33. The van der Waals surface area contributed by atoms with E-state index in [0.29, 0.717) is 29.0 Å². The highest BCUT2D eigenvalue weighted by molar-refractivity contribution is 6.21.